The maximum Gasteiger partial charge on any atom is 0.411 e. The van der Waals surface area contributed by atoms with Gasteiger partial charge in [-0.15, -0.1) is 0 Å². The Hall–Kier alpha value is -2.37. The summed E-state index contributed by atoms with van der Waals surface area (Å²) < 4.78 is 10.2. The van der Waals surface area contributed by atoms with Crippen molar-refractivity contribution >= 4 is 17.8 Å². The molecule has 1 aliphatic rings. The van der Waals surface area contributed by atoms with E-state index in [0.29, 0.717) is 0 Å². The monoisotopic (exact) mass is 305 g/mol. The van der Waals surface area contributed by atoms with E-state index in [-0.39, 0.29) is 38.4 Å². The second kappa shape index (κ2) is 7.59. The van der Waals surface area contributed by atoms with Gasteiger partial charge in [-0.25, -0.2) is 9.59 Å². The molecule has 1 unspecified atom stereocenters. The van der Waals surface area contributed by atoms with Crippen LogP contribution in [0.1, 0.15) is 25.3 Å². The van der Waals surface area contributed by atoms with E-state index in [2.05, 4.69) is 0 Å². The van der Waals surface area contributed by atoms with Gasteiger partial charge >= 0.3 is 12.1 Å². The summed E-state index contributed by atoms with van der Waals surface area (Å²) >= 11 is 0. The molecule has 0 N–H and O–H groups in total. The molecule has 1 aliphatic heterocycles. The standard InChI is InChI=1S/C16H19NO5/c1-2-21-15(19)14-9-8-13(18)10-17(14)16(20)22-11-12-6-4-3-5-7-12/h3-7,14H,2,8-11H2,1H3. The molecule has 2 rings (SSSR count). The van der Waals surface area contributed by atoms with Crippen molar-refractivity contribution in [3.63, 3.8) is 0 Å². The minimum atomic E-state index is -0.749. The smallest absolute Gasteiger partial charge is 0.411 e. The lowest BCUT2D eigenvalue weighted by atomic mass is 10.0. The summed E-state index contributed by atoms with van der Waals surface area (Å²) in [5.74, 6) is -0.580. The zero-order valence-corrected chi connectivity index (χ0v) is 12.5. The van der Waals surface area contributed by atoms with Gasteiger partial charge in [-0.3, -0.25) is 9.69 Å². The van der Waals surface area contributed by atoms with E-state index in [1.54, 1.807) is 6.92 Å². The fourth-order valence-corrected chi connectivity index (χ4v) is 2.31. The Kier molecular flexibility index (Phi) is 5.52. The highest BCUT2D eigenvalue weighted by molar-refractivity contribution is 5.90. The number of ketones is 1. The van der Waals surface area contributed by atoms with Crippen LogP contribution in [0.4, 0.5) is 4.79 Å². The zero-order chi connectivity index (χ0) is 15.9. The van der Waals surface area contributed by atoms with Crippen molar-refractivity contribution in [1.82, 2.24) is 4.90 Å². The number of hydrogen-bond acceptors (Lipinski definition) is 5. The highest BCUT2D eigenvalue weighted by atomic mass is 16.6. The van der Waals surface area contributed by atoms with Crippen LogP contribution in [0.25, 0.3) is 0 Å². The number of esters is 1. The van der Waals surface area contributed by atoms with Crippen molar-refractivity contribution in [2.24, 2.45) is 0 Å². The molecule has 6 heteroatoms. The third kappa shape index (κ3) is 4.07. The average molecular weight is 305 g/mol. The van der Waals surface area contributed by atoms with E-state index in [1.807, 2.05) is 30.3 Å². The zero-order valence-electron chi connectivity index (χ0n) is 12.5. The van der Waals surface area contributed by atoms with E-state index in [9.17, 15) is 14.4 Å². The van der Waals surface area contributed by atoms with Gasteiger partial charge in [0.05, 0.1) is 13.2 Å². The molecule has 1 aromatic carbocycles. The molecule has 0 spiro atoms. The van der Waals surface area contributed by atoms with Gasteiger partial charge in [0.2, 0.25) is 0 Å². The largest absolute Gasteiger partial charge is 0.464 e. The summed E-state index contributed by atoms with van der Waals surface area (Å²) in [6.07, 6.45) is -0.126. The van der Waals surface area contributed by atoms with Gasteiger partial charge in [0.15, 0.2) is 5.78 Å². The first kappa shape index (κ1) is 16.0. The van der Waals surface area contributed by atoms with Crippen LogP contribution in [-0.4, -0.2) is 41.9 Å². The normalized spacial score (nSPS) is 18.0. The maximum atomic E-state index is 12.2. The molecule has 0 aliphatic carbocycles. The number of rotatable bonds is 4. The van der Waals surface area contributed by atoms with E-state index in [0.717, 1.165) is 10.5 Å². The van der Waals surface area contributed by atoms with Gasteiger partial charge in [-0.2, -0.15) is 0 Å². The van der Waals surface area contributed by atoms with E-state index >= 15 is 0 Å². The maximum absolute atomic E-state index is 12.2. The average Bonchev–Trinajstić information content (AvgIpc) is 2.53. The number of benzene rings is 1. The molecule has 0 aromatic heterocycles. The van der Waals surface area contributed by atoms with Gasteiger partial charge in [-0.1, -0.05) is 30.3 Å². The second-order valence-electron chi connectivity index (χ2n) is 5.01. The Morgan fingerprint density at radius 3 is 2.64 bits per heavy atom. The van der Waals surface area contributed by atoms with Crippen molar-refractivity contribution in [2.45, 2.75) is 32.4 Å². The van der Waals surface area contributed by atoms with Gasteiger partial charge in [0.25, 0.3) is 0 Å². The summed E-state index contributed by atoms with van der Waals surface area (Å²) in [7, 11) is 0. The summed E-state index contributed by atoms with van der Waals surface area (Å²) in [6, 6.07) is 8.46. The summed E-state index contributed by atoms with van der Waals surface area (Å²) in [5, 5.41) is 0. The first-order chi connectivity index (χ1) is 10.6. The molecule has 1 fully saturated rings. The topological polar surface area (TPSA) is 72.9 Å². The van der Waals surface area contributed by atoms with Crippen molar-refractivity contribution in [1.29, 1.82) is 0 Å². The van der Waals surface area contributed by atoms with Gasteiger partial charge in [0.1, 0.15) is 12.6 Å². The predicted molar refractivity (Wildman–Crippen MR) is 78.0 cm³/mol. The first-order valence-corrected chi connectivity index (χ1v) is 7.27. The van der Waals surface area contributed by atoms with Gasteiger partial charge in [0, 0.05) is 6.42 Å². The van der Waals surface area contributed by atoms with Gasteiger partial charge < -0.3 is 9.47 Å². The van der Waals surface area contributed by atoms with E-state index in [1.165, 1.54) is 0 Å². The Labute approximate surface area is 129 Å². The van der Waals surface area contributed by atoms with Crippen LogP contribution in [0.3, 0.4) is 0 Å². The Morgan fingerprint density at radius 2 is 1.95 bits per heavy atom. The van der Waals surface area contributed by atoms with Crippen LogP contribution < -0.4 is 0 Å². The van der Waals surface area contributed by atoms with E-state index < -0.39 is 18.1 Å². The van der Waals surface area contributed by atoms with Crippen LogP contribution in [0.5, 0.6) is 0 Å². The highest BCUT2D eigenvalue weighted by Crippen LogP contribution is 2.18. The minimum Gasteiger partial charge on any atom is -0.464 e. The Morgan fingerprint density at radius 1 is 1.23 bits per heavy atom. The van der Waals surface area contributed by atoms with Crippen LogP contribution in [0.2, 0.25) is 0 Å². The molecular weight excluding hydrogens is 286 g/mol. The number of nitrogens with zero attached hydrogens (tertiary/aromatic N) is 1. The molecule has 1 aromatic rings. The molecular formula is C16H19NO5. The second-order valence-corrected chi connectivity index (χ2v) is 5.01. The lowest BCUT2D eigenvalue weighted by Gasteiger charge is -2.32. The number of carbonyl (C=O) groups excluding carboxylic acids is 3. The third-order valence-corrected chi connectivity index (χ3v) is 3.42. The lowest BCUT2D eigenvalue weighted by Crippen LogP contribution is -2.51. The van der Waals surface area contributed by atoms with Crippen molar-refractivity contribution in [3.8, 4) is 0 Å². The molecule has 1 atom stereocenters. The number of Topliss-reactive ketones (excluding diaryl/α,β-unsaturated/α-hetero) is 1. The number of ether oxygens (including phenoxy) is 2. The highest BCUT2D eigenvalue weighted by Gasteiger charge is 2.37. The van der Waals surface area contributed by atoms with Crippen molar-refractivity contribution < 1.29 is 23.9 Å². The molecule has 1 amide bonds. The predicted octanol–water partition coefficient (Wildman–Crippen LogP) is 1.92. The van der Waals surface area contributed by atoms with Gasteiger partial charge in [-0.05, 0) is 18.9 Å². The fourth-order valence-electron chi connectivity index (χ4n) is 2.31. The molecule has 0 saturated carbocycles. The number of hydrogen-bond donors (Lipinski definition) is 0. The molecule has 1 heterocycles. The van der Waals surface area contributed by atoms with Crippen LogP contribution in [-0.2, 0) is 25.7 Å². The molecule has 22 heavy (non-hydrogen) atoms. The SMILES string of the molecule is CCOC(=O)C1CCC(=O)CN1C(=O)OCc1ccccc1. The van der Waals surface area contributed by atoms with Crippen LogP contribution in [0, 0.1) is 0 Å². The third-order valence-electron chi connectivity index (χ3n) is 3.42. The summed E-state index contributed by atoms with van der Waals surface area (Å²) in [4.78, 5) is 36.8. The summed E-state index contributed by atoms with van der Waals surface area (Å²) in [5.41, 5.74) is 0.840. The Balaban J connectivity index is 2.00. The number of carbonyl (C=O) groups is 3. The van der Waals surface area contributed by atoms with Crippen molar-refractivity contribution in [3.05, 3.63) is 35.9 Å². The number of likely N-dealkylation sites (tertiary alicyclic amines) is 1. The van der Waals surface area contributed by atoms with Crippen molar-refractivity contribution in [2.75, 3.05) is 13.2 Å². The first-order valence-electron chi connectivity index (χ1n) is 7.27. The lowest BCUT2D eigenvalue weighted by molar-refractivity contribution is -0.151. The molecule has 0 radical (unpaired) electrons. The summed E-state index contributed by atoms with van der Waals surface area (Å²) in [6.45, 7) is 1.91. The number of amides is 1. The van der Waals surface area contributed by atoms with Crippen LogP contribution >= 0.6 is 0 Å². The molecule has 6 nitrogen and oxygen atoms in total. The quantitative estimate of drug-likeness (QED) is 0.795. The van der Waals surface area contributed by atoms with E-state index in [4.69, 9.17) is 9.47 Å². The molecule has 118 valence electrons. The van der Waals surface area contributed by atoms with Crippen LogP contribution in [0.15, 0.2) is 30.3 Å². The molecule has 1 saturated heterocycles. The molecule has 0 bridgehead atoms. The Bertz CT molecular complexity index is 543. The number of piperidine rings is 1. The minimum absolute atomic E-state index is 0.0859. The fraction of sp³-hybridized carbons (Fsp3) is 0.438.